The zero-order valence-corrected chi connectivity index (χ0v) is 33.4. The maximum atomic E-state index is 9.42. The number of hydrogen-bond donors (Lipinski definition) is 2. The number of benzene rings is 4. The Kier molecular flexibility index (Phi) is 21.3. The lowest BCUT2D eigenvalue weighted by molar-refractivity contribution is 0.474. The molecule has 0 heterocycles. The van der Waals surface area contributed by atoms with Crippen LogP contribution < -0.4 is 0 Å². The third-order valence-electron chi connectivity index (χ3n) is 9.55. The van der Waals surface area contributed by atoms with E-state index in [2.05, 4.69) is 60.3 Å². The second-order valence-electron chi connectivity index (χ2n) is 13.9. The molecule has 4 rings (SSSR count). The van der Waals surface area contributed by atoms with Crippen LogP contribution in [-0.2, 0) is 25.7 Å². The van der Waals surface area contributed by atoms with E-state index in [0.717, 1.165) is 24.3 Å². The monoisotopic (exact) mass is 742 g/mol. The van der Waals surface area contributed by atoms with Crippen LogP contribution >= 0.6 is 35.3 Å². The second-order valence-corrected chi connectivity index (χ2v) is 17.4. The van der Waals surface area contributed by atoms with Crippen LogP contribution in [0.1, 0.15) is 112 Å². The molecule has 0 saturated carbocycles. The normalized spacial score (nSPS) is 11.3. The van der Waals surface area contributed by atoms with Gasteiger partial charge >= 0.3 is 0 Å². The highest BCUT2D eigenvalue weighted by molar-refractivity contribution is 7.99. The Hall–Kier alpha value is -2.47. The summed E-state index contributed by atoms with van der Waals surface area (Å²) in [6.07, 6.45) is 23.9. The molecule has 0 aromatic heterocycles. The van der Waals surface area contributed by atoms with Gasteiger partial charge in [0.05, 0.1) is 0 Å². The standard InChI is InChI=1S/C46H62O2S3/c47-43-25-29-45(30-26-43)50-37-33-41-21-17-39(18-22-41)15-11-7-3-1-5-9-13-35-49-36-14-10-6-2-4-8-12-16-40-19-23-42(24-20-40)34-38-51-46-31-27-44(48)28-32-46/h17-32,47-48H,1-16,33-38H2. The van der Waals surface area contributed by atoms with Crippen molar-refractivity contribution in [3.63, 3.8) is 0 Å². The fourth-order valence-electron chi connectivity index (χ4n) is 6.34. The van der Waals surface area contributed by atoms with Gasteiger partial charge in [0.2, 0.25) is 0 Å². The van der Waals surface area contributed by atoms with Crippen LogP contribution in [0.2, 0.25) is 0 Å². The summed E-state index contributed by atoms with van der Waals surface area (Å²) in [7, 11) is 0. The lowest BCUT2D eigenvalue weighted by atomic mass is 10.0. The molecule has 0 spiro atoms. The topological polar surface area (TPSA) is 40.5 Å². The van der Waals surface area contributed by atoms with Gasteiger partial charge < -0.3 is 10.2 Å². The van der Waals surface area contributed by atoms with Gasteiger partial charge in [0.25, 0.3) is 0 Å². The van der Waals surface area contributed by atoms with E-state index in [0.29, 0.717) is 11.5 Å². The Morgan fingerprint density at radius 3 is 0.941 bits per heavy atom. The van der Waals surface area contributed by atoms with Crippen molar-refractivity contribution in [2.24, 2.45) is 0 Å². The van der Waals surface area contributed by atoms with E-state index in [1.54, 1.807) is 24.3 Å². The highest BCUT2D eigenvalue weighted by Crippen LogP contribution is 2.24. The first kappa shape index (κ1) is 41.3. The molecule has 2 nitrogen and oxygen atoms in total. The number of unbranched alkanes of at least 4 members (excludes halogenated alkanes) is 12. The molecule has 0 saturated heterocycles. The molecule has 51 heavy (non-hydrogen) atoms. The summed E-state index contributed by atoms with van der Waals surface area (Å²) >= 11 is 5.88. The van der Waals surface area contributed by atoms with Crippen LogP contribution in [0, 0.1) is 0 Å². The minimum Gasteiger partial charge on any atom is -0.508 e. The van der Waals surface area contributed by atoms with Crippen LogP contribution in [0.15, 0.2) is 107 Å². The Morgan fingerprint density at radius 1 is 0.294 bits per heavy atom. The molecule has 0 amide bonds. The molecule has 276 valence electrons. The van der Waals surface area contributed by atoms with Crippen molar-refractivity contribution in [2.45, 2.75) is 125 Å². The predicted octanol–water partition coefficient (Wildman–Crippen LogP) is 13.7. The van der Waals surface area contributed by atoms with Crippen molar-refractivity contribution in [2.75, 3.05) is 23.0 Å². The molecule has 4 aromatic carbocycles. The van der Waals surface area contributed by atoms with Gasteiger partial charge in [-0.3, -0.25) is 0 Å². The summed E-state index contributed by atoms with van der Waals surface area (Å²) < 4.78 is 0. The SMILES string of the molecule is Oc1ccc(SCCc2ccc(CCCCCCCCCSCCCCCCCCCc3ccc(CCSc4ccc(O)cc4)cc3)cc2)cc1. The van der Waals surface area contributed by atoms with Crippen molar-refractivity contribution >= 4 is 35.3 Å². The number of aromatic hydroxyl groups is 2. The molecular weight excluding hydrogens is 681 g/mol. The van der Waals surface area contributed by atoms with Crippen LogP contribution in [0.4, 0.5) is 0 Å². The molecule has 0 bridgehead atoms. The summed E-state index contributed by atoms with van der Waals surface area (Å²) in [4.78, 5) is 2.43. The number of aryl methyl sites for hydroxylation is 4. The van der Waals surface area contributed by atoms with Crippen LogP contribution in [0.25, 0.3) is 0 Å². The highest BCUT2D eigenvalue weighted by atomic mass is 32.2. The minimum absolute atomic E-state index is 0.333. The Morgan fingerprint density at radius 2 is 0.588 bits per heavy atom. The molecular formula is C46H62O2S3. The van der Waals surface area contributed by atoms with Crippen molar-refractivity contribution in [1.29, 1.82) is 0 Å². The molecule has 0 aliphatic carbocycles. The highest BCUT2D eigenvalue weighted by Gasteiger charge is 2.02. The van der Waals surface area contributed by atoms with E-state index in [-0.39, 0.29) is 0 Å². The first-order valence-electron chi connectivity index (χ1n) is 19.7. The van der Waals surface area contributed by atoms with Crippen molar-refractivity contribution < 1.29 is 10.2 Å². The Balaban J connectivity index is 0.849. The van der Waals surface area contributed by atoms with Gasteiger partial charge in [-0.15, -0.1) is 23.5 Å². The maximum Gasteiger partial charge on any atom is 0.115 e. The molecule has 2 N–H and O–H groups in total. The van der Waals surface area contributed by atoms with E-state index in [4.69, 9.17) is 0 Å². The summed E-state index contributed by atoms with van der Waals surface area (Å²) in [5.74, 6) is 5.50. The first-order valence-corrected chi connectivity index (χ1v) is 22.8. The maximum absolute atomic E-state index is 9.42. The van der Waals surface area contributed by atoms with Crippen LogP contribution in [0.5, 0.6) is 11.5 Å². The Labute approximate surface area is 323 Å². The van der Waals surface area contributed by atoms with Crippen molar-refractivity contribution in [3.8, 4) is 11.5 Å². The zero-order valence-electron chi connectivity index (χ0n) is 30.9. The number of phenolic OH excluding ortho intramolecular Hbond substituents is 2. The van der Waals surface area contributed by atoms with Gasteiger partial charge in [-0.1, -0.05) is 113 Å². The average Bonchev–Trinajstić information content (AvgIpc) is 3.15. The van der Waals surface area contributed by atoms with Crippen LogP contribution in [0.3, 0.4) is 0 Å². The fourth-order valence-corrected chi connectivity index (χ4v) is 9.16. The summed E-state index contributed by atoms with van der Waals surface area (Å²) in [5, 5.41) is 18.8. The first-order chi connectivity index (χ1) is 25.1. The van der Waals surface area contributed by atoms with Gasteiger partial charge in [0.1, 0.15) is 11.5 Å². The van der Waals surface area contributed by atoms with E-state index < -0.39 is 0 Å². The number of phenols is 2. The summed E-state index contributed by atoms with van der Waals surface area (Å²) in [6, 6.07) is 33.5. The predicted molar refractivity (Wildman–Crippen MR) is 227 cm³/mol. The molecule has 0 fully saturated rings. The number of hydrogen-bond acceptors (Lipinski definition) is 5. The van der Waals surface area contributed by atoms with Gasteiger partial charge in [-0.2, -0.15) is 11.8 Å². The van der Waals surface area contributed by atoms with Crippen molar-refractivity contribution in [3.05, 3.63) is 119 Å². The molecule has 5 heteroatoms. The number of thioether (sulfide) groups is 3. The average molecular weight is 743 g/mol. The van der Waals surface area contributed by atoms with E-state index in [1.807, 2.05) is 47.8 Å². The van der Waals surface area contributed by atoms with Gasteiger partial charge in [0, 0.05) is 21.3 Å². The molecule has 0 atom stereocenters. The van der Waals surface area contributed by atoms with Gasteiger partial charge in [0.15, 0.2) is 0 Å². The Bertz CT molecular complexity index is 1310. The third-order valence-corrected chi connectivity index (χ3v) is 12.7. The fraction of sp³-hybridized carbons (Fsp3) is 0.478. The molecule has 0 unspecified atom stereocenters. The molecule has 0 radical (unpaired) electrons. The summed E-state index contributed by atoms with van der Waals surface area (Å²) in [6.45, 7) is 0. The molecule has 0 aliphatic heterocycles. The van der Waals surface area contributed by atoms with Gasteiger partial charge in [-0.05, 0) is 134 Å². The van der Waals surface area contributed by atoms with E-state index in [9.17, 15) is 10.2 Å². The molecule has 4 aromatic rings. The van der Waals surface area contributed by atoms with Gasteiger partial charge in [-0.25, -0.2) is 0 Å². The summed E-state index contributed by atoms with van der Waals surface area (Å²) in [5.41, 5.74) is 5.78. The lowest BCUT2D eigenvalue weighted by Crippen LogP contribution is -1.91. The quantitative estimate of drug-likeness (QED) is 0.0448. The van der Waals surface area contributed by atoms with Crippen LogP contribution in [-0.4, -0.2) is 33.2 Å². The minimum atomic E-state index is 0.333. The van der Waals surface area contributed by atoms with E-state index >= 15 is 0 Å². The van der Waals surface area contributed by atoms with E-state index in [1.165, 1.54) is 146 Å². The van der Waals surface area contributed by atoms with Crippen molar-refractivity contribution in [1.82, 2.24) is 0 Å². The zero-order chi connectivity index (χ0) is 35.6. The molecule has 0 aliphatic rings. The number of rotatable bonds is 28. The lowest BCUT2D eigenvalue weighted by Gasteiger charge is -2.06. The third kappa shape index (κ3) is 19.3. The smallest absolute Gasteiger partial charge is 0.115 e. The second kappa shape index (κ2) is 26.3. The largest absolute Gasteiger partial charge is 0.508 e.